The van der Waals surface area contributed by atoms with Crippen LogP contribution >= 0.6 is 59.4 Å². The van der Waals surface area contributed by atoms with Crippen LogP contribution in [0.2, 0.25) is 5.02 Å². The van der Waals surface area contributed by atoms with Crippen molar-refractivity contribution in [2.45, 2.75) is 4.90 Å². The van der Waals surface area contributed by atoms with Crippen molar-refractivity contribution in [3.8, 4) is 0 Å². The molecule has 0 bridgehead atoms. The van der Waals surface area contributed by atoms with E-state index in [2.05, 4.69) is 52.5 Å². The minimum absolute atomic E-state index is 0.0169. The van der Waals surface area contributed by atoms with E-state index < -0.39 is 10.0 Å². The molecule has 0 atom stereocenters. The highest BCUT2D eigenvalue weighted by Gasteiger charge is 2.22. The summed E-state index contributed by atoms with van der Waals surface area (Å²) >= 11 is 15.6. The predicted molar refractivity (Wildman–Crippen MR) is 96.2 cm³/mol. The predicted octanol–water partition coefficient (Wildman–Crippen LogP) is 5.01. The van der Waals surface area contributed by atoms with Gasteiger partial charge >= 0.3 is 0 Å². The molecule has 2 aromatic rings. The number of anilines is 2. The zero-order chi connectivity index (χ0) is 15.8. The smallest absolute Gasteiger partial charge is 0.265 e. The van der Waals surface area contributed by atoms with Crippen molar-refractivity contribution in [3.05, 3.63) is 48.8 Å². The molecule has 0 spiro atoms. The number of rotatable bonds is 3. The Labute approximate surface area is 152 Å². The molecule has 3 N–H and O–H groups in total. The molecule has 0 heterocycles. The second-order valence-electron chi connectivity index (χ2n) is 4.04. The van der Waals surface area contributed by atoms with Crippen molar-refractivity contribution in [1.29, 1.82) is 0 Å². The van der Waals surface area contributed by atoms with Crippen LogP contribution in [0.1, 0.15) is 0 Å². The maximum atomic E-state index is 12.5. The summed E-state index contributed by atoms with van der Waals surface area (Å²) in [6.45, 7) is 0. The minimum atomic E-state index is -3.83. The molecule has 21 heavy (non-hydrogen) atoms. The number of hydrogen-bond donors (Lipinski definition) is 2. The van der Waals surface area contributed by atoms with Gasteiger partial charge in [-0.15, -0.1) is 0 Å². The fraction of sp³-hybridized carbons (Fsp3) is 0. The van der Waals surface area contributed by atoms with Crippen molar-refractivity contribution in [2.75, 3.05) is 10.5 Å². The first kappa shape index (κ1) is 17.1. The third-order valence-corrected chi connectivity index (χ3v) is 6.53. The lowest BCUT2D eigenvalue weighted by molar-refractivity contribution is 0.601. The summed E-state index contributed by atoms with van der Waals surface area (Å²) in [6, 6.07) is 7.86. The van der Waals surface area contributed by atoms with Crippen molar-refractivity contribution in [3.63, 3.8) is 0 Å². The number of benzene rings is 2. The van der Waals surface area contributed by atoms with Crippen molar-refractivity contribution in [2.24, 2.45) is 0 Å². The Hall–Kier alpha value is -0.280. The SMILES string of the molecule is Nc1cc(Br)cc(Br)c1S(=O)(=O)Nc1ccc(Cl)c(Br)c1. The van der Waals surface area contributed by atoms with E-state index >= 15 is 0 Å². The van der Waals surface area contributed by atoms with Gasteiger partial charge in [0.05, 0.1) is 16.4 Å². The Balaban J connectivity index is 2.46. The van der Waals surface area contributed by atoms with Gasteiger partial charge < -0.3 is 5.73 Å². The van der Waals surface area contributed by atoms with Crippen molar-refractivity contribution >= 4 is 80.8 Å². The number of nitrogens with two attached hydrogens (primary N) is 1. The lowest BCUT2D eigenvalue weighted by atomic mass is 10.3. The van der Waals surface area contributed by atoms with Gasteiger partial charge in [-0.2, -0.15) is 0 Å². The molecule has 0 saturated carbocycles. The van der Waals surface area contributed by atoms with Crippen LogP contribution in [0.3, 0.4) is 0 Å². The molecule has 0 amide bonds. The Bertz CT molecular complexity index is 789. The van der Waals surface area contributed by atoms with E-state index in [1.54, 1.807) is 24.3 Å². The fourth-order valence-electron chi connectivity index (χ4n) is 1.63. The van der Waals surface area contributed by atoms with Gasteiger partial charge in [0, 0.05) is 13.4 Å². The third-order valence-electron chi connectivity index (χ3n) is 2.48. The Morgan fingerprint density at radius 1 is 1.05 bits per heavy atom. The molecule has 0 aromatic heterocycles. The molecule has 2 rings (SSSR count). The number of nitrogens with one attached hydrogen (secondary N) is 1. The Kier molecular flexibility index (Phi) is 5.25. The molecule has 0 radical (unpaired) electrons. The van der Waals surface area contributed by atoms with Gasteiger partial charge in [-0.05, 0) is 62.2 Å². The maximum absolute atomic E-state index is 12.5. The Morgan fingerprint density at radius 2 is 1.71 bits per heavy atom. The van der Waals surface area contributed by atoms with Crippen LogP contribution in [0.5, 0.6) is 0 Å². The van der Waals surface area contributed by atoms with Gasteiger partial charge in [0.25, 0.3) is 10.0 Å². The van der Waals surface area contributed by atoms with Gasteiger partial charge in [0.1, 0.15) is 4.90 Å². The summed E-state index contributed by atoms with van der Waals surface area (Å²) in [6.07, 6.45) is 0. The van der Waals surface area contributed by atoms with E-state index in [1.165, 1.54) is 6.07 Å². The highest BCUT2D eigenvalue weighted by atomic mass is 79.9. The molecule has 112 valence electrons. The summed E-state index contributed by atoms with van der Waals surface area (Å²) < 4.78 is 29.0. The average Bonchev–Trinajstić information content (AvgIpc) is 2.31. The third kappa shape index (κ3) is 3.92. The fourth-order valence-corrected chi connectivity index (χ4v) is 5.25. The van der Waals surface area contributed by atoms with E-state index in [0.717, 1.165) is 0 Å². The zero-order valence-electron chi connectivity index (χ0n) is 10.2. The van der Waals surface area contributed by atoms with Crippen LogP contribution in [-0.2, 0) is 10.0 Å². The van der Waals surface area contributed by atoms with Crippen molar-refractivity contribution in [1.82, 2.24) is 0 Å². The molecule has 0 aliphatic heterocycles. The molecule has 0 aliphatic rings. The lowest BCUT2D eigenvalue weighted by Crippen LogP contribution is -2.15. The van der Waals surface area contributed by atoms with E-state index in [-0.39, 0.29) is 10.6 Å². The second kappa shape index (κ2) is 6.45. The van der Waals surface area contributed by atoms with Crippen LogP contribution in [0.25, 0.3) is 0 Å². The molecular weight excluding hydrogens is 511 g/mol. The number of halogens is 4. The first-order valence-corrected chi connectivity index (χ1v) is 9.67. The molecule has 9 heteroatoms. The molecule has 0 fully saturated rings. The van der Waals surface area contributed by atoms with Gasteiger partial charge in [-0.1, -0.05) is 27.5 Å². The number of nitrogen functional groups attached to an aromatic ring is 1. The highest BCUT2D eigenvalue weighted by molar-refractivity contribution is 9.11. The average molecular weight is 519 g/mol. The molecule has 4 nitrogen and oxygen atoms in total. The Morgan fingerprint density at radius 3 is 2.29 bits per heavy atom. The van der Waals surface area contributed by atoms with Gasteiger partial charge in [-0.25, -0.2) is 8.42 Å². The molecule has 0 saturated heterocycles. The molecular formula is C12H8Br3ClN2O2S. The maximum Gasteiger partial charge on any atom is 0.265 e. The van der Waals surface area contributed by atoms with Gasteiger partial charge in [0.2, 0.25) is 0 Å². The number of sulfonamides is 1. The highest BCUT2D eigenvalue weighted by Crippen LogP contribution is 2.33. The largest absolute Gasteiger partial charge is 0.398 e. The van der Waals surface area contributed by atoms with Crippen LogP contribution in [-0.4, -0.2) is 8.42 Å². The monoisotopic (exact) mass is 516 g/mol. The summed E-state index contributed by atoms with van der Waals surface area (Å²) in [5, 5.41) is 0.488. The summed E-state index contributed by atoms with van der Waals surface area (Å²) in [7, 11) is -3.83. The van der Waals surface area contributed by atoms with E-state index in [9.17, 15) is 8.42 Å². The standard InChI is InChI=1S/C12H8Br3ClN2O2S/c13-6-3-9(15)12(11(17)4-6)21(19,20)18-7-1-2-10(16)8(14)5-7/h1-5,18H,17H2. The zero-order valence-corrected chi connectivity index (χ0v) is 16.5. The van der Waals surface area contributed by atoms with Crippen LogP contribution in [0.4, 0.5) is 11.4 Å². The van der Waals surface area contributed by atoms with Crippen LogP contribution in [0, 0.1) is 0 Å². The van der Waals surface area contributed by atoms with E-state index in [4.69, 9.17) is 17.3 Å². The molecule has 2 aromatic carbocycles. The van der Waals surface area contributed by atoms with Crippen molar-refractivity contribution < 1.29 is 8.42 Å². The van der Waals surface area contributed by atoms with Gasteiger partial charge in [-0.3, -0.25) is 4.72 Å². The van der Waals surface area contributed by atoms with Gasteiger partial charge in [0.15, 0.2) is 0 Å². The number of hydrogen-bond acceptors (Lipinski definition) is 3. The lowest BCUT2D eigenvalue weighted by Gasteiger charge is -2.13. The quantitative estimate of drug-likeness (QED) is 0.561. The van der Waals surface area contributed by atoms with Crippen LogP contribution < -0.4 is 10.5 Å². The first-order valence-electron chi connectivity index (χ1n) is 5.43. The summed E-state index contributed by atoms with van der Waals surface area (Å²) in [5.41, 5.74) is 6.32. The summed E-state index contributed by atoms with van der Waals surface area (Å²) in [5.74, 6) is 0. The van der Waals surface area contributed by atoms with E-state index in [0.29, 0.717) is 24.1 Å². The normalized spacial score (nSPS) is 11.4. The topological polar surface area (TPSA) is 72.2 Å². The molecule has 0 unspecified atom stereocenters. The summed E-state index contributed by atoms with van der Waals surface area (Å²) in [4.78, 5) is -0.0169. The molecule has 0 aliphatic carbocycles. The second-order valence-corrected chi connectivity index (χ2v) is 8.69. The van der Waals surface area contributed by atoms with Crippen LogP contribution in [0.15, 0.2) is 48.6 Å². The minimum Gasteiger partial charge on any atom is -0.398 e. The first-order chi connectivity index (χ1) is 9.70. The van der Waals surface area contributed by atoms with E-state index in [1.807, 2.05) is 0 Å².